The van der Waals surface area contributed by atoms with Crippen LogP contribution in [0, 0.1) is 6.92 Å². The molecule has 6 heteroatoms. The van der Waals surface area contributed by atoms with E-state index in [0.717, 1.165) is 0 Å². The van der Waals surface area contributed by atoms with Crippen molar-refractivity contribution in [1.29, 1.82) is 0 Å². The van der Waals surface area contributed by atoms with Gasteiger partial charge in [-0.15, -0.1) is 0 Å². The van der Waals surface area contributed by atoms with Crippen molar-refractivity contribution in [2.45, 2.75) is 26.3 Å². The third-order valence-corrected chi connectivity index (χ3v) is 2.12. The van der Waals surface area contributed by atoms with E-state index >= 15 is 0 Å². The fourth-order valence-electron chi connectivity index (χ4n) is 0.992. The van der Waals surface area contributed by atoms with Gasteiger partial charge >= 0.3 is 0 Å². The van der Waals surface area contributed by atoms with Gasteiger partial charge in [-0.05, 0) is 20.8 Å². The van der Waals surface area contributed by atoms with E-state index in [9.17, 15) is 9.59 Å². The molecule has 0 aliphatic rings. The van der Waals surface area contributed by atoms with Crippen LogP contribution in [0.25, 0.3) is 0 Å². The second-order valence-electron chi connectivity index (χ2n) is 3.85. The van der Waals surface area contributed by atoms with Crippen molar-refractivity contribution in [1.82, 2.24) is 15.5 Å². The lowest BCUT2D eigenvalue weighted by Crippen LogP contribution is -2.53. The summed E-state index contributed by atoms with van der Waals surface area (Å²) in [5.41, 5.74) is 5.12. The Labute approximate surface area is 87.2 Å². The average Bonchev–Trinajstić information content (AvgIpc) is 2.50. The van der Waals surface area contributed by atoms with Gasteiger partial charge < -0.3 is 11.1 Å². The SMILES string of the molecule is Cc1[nH]ncc1C(=O)NC(C)(C)C(N)=O. The zero-order valence-electron chi connectivity index (χ0n) is 8.92. The van der Waals surface area contributed by atoms with Crippen molar-refractivity contribution in [3.8, 4) is 0 Å². The monoisotopic (exact) mass is 210 g/mol. The molecule has 82 valence electrons. The first-order valence-electron chi connectivity index (χ1n) is 4.47. The molecule has 0 saturated carbocycles. The number of rotatable bonds is 3. The summed E-state index contributed by atoms with van der Waals surface area (Å²) in [5.74, 6) is -0.956. The molecular formula is C9H14N4O2. The van der Waals surface area contributed by atoms with Crippen molar-refractivity contribution in [2.24, 2.45) is 5.73 Å². The molecule has 0 aliphatic carbocycles. The van der Waals surface area contributed by atoms with Crippen LogP contribution < -0.4 is 11.1 Å². The van der Waals surface area contributed by atoms with Crippen LogP contribution in [-0.2, 0) is 4.79 Å². The zero-order chi connectivity index (χ0) is 11.6. The van der Waals surface area contributed by atoms with E-state index in [1.54, 1.807) is 20.8 Å². The van der Waals surface area contributed by atoms with Crippen molar-refractivity contribution in [3.05, 3.63) is 17.5 Å². The van der Waals surface area contributed by atoms with Gasteiger partial charge in [0.2, 0.25) is 5.91 Å². The lowest BCUT2D eigenvalue weighted by molar-refractivity contribution is -0.122. The Morgan fingerprint density at radius 2 is 2.13 bits per heavy atom. The van der Waals surface area contributed by atoms with Crippen molar-refractivity contribution in [3.63, 3.8) is 0 Å². The molecule has 0 atom stereocenters. The molecule has 1 heterocycles. The van der Waals surface area contributed by atoms with Crippen molar-refractivity contribution in [2.75, 3.05) is 0 Å². The third-order valence-electron chi connectivity index (χ3n) is 2.12. The minimum Gasteiger partial charge on any atom is -0.368 e. The normalized spacial score (nSPS) is 11.1. The quantitative estimate of drug-likeness (QED) is 0.639. The molecule has 0 radical (unpaired) electrons. The Balaban J connectivity index is 2.81. The number of H-pyrrole nitrogens is 1. The highest BCUT2D eigenvalue weighted by Crippen LogP contribution is 2.06. The fourth-order valence-corrected chi connectivity index (χ4v) is 0.992. The Bertz CT molecular complexity index is 395. The largest absolute Gasteiger partial charge is 0.368 e. The smallest absolute Gasteiger partial charge is 0.255 e. The minimum atomic E-state index is -1.07. The molecule has 0 unspecified atom stereocenters. The van der Waals surface area contributed by atoms with E-state index in [-0.39, 0.29) is 5.91 Å². The van der Waals surface area contributed by atoms with Gasteiger partial charge in [-0.1, -0.05) is 0 Å². The molecule has 0 aromatic carbocycles. The number of nitrogens with two attached hydrogens (primary N) is 1. The molecule has 6 nitrogen and oxygen atoms in total. The Kier molecular flexibility index (Phi) is 2.78. The first-order valence-corrected chi connectivity index (χ1v) is 4.47. The van der Waals surface area contributed by atoms with Crippen LogP contribution in [0.5, 0.6) is 0 Å². The lowest BCUT2D eigenvalue weighted by Gasteiger charge is -2.21. The predicted molar refractivity (Wildman–Crippen MR) is 54.1 cm³/mol. The summed E-state index contributed by atoms with van der Waals surface area (Å²) in [6, 6.07) is 0. The number of aromatic nitrogens is 2. The molecule has 0 bridgehead atoms. The van der Waals surface area contributed by atoms with Gasteiger partial charge in [0.25, 0.3) is 5.91 Å². The molecule has 15 heavy (non-hydrogen) atoms. The summed E-state index contributed by atoms with van der Waals surface area (Å²) < 4.78 is 0. The summed E-state index contributed by atoms with van der Waals surface area (Å²) in [4.78, 5) is 22.7. The first-order chi connectivity index (χ1) is 6.84. The second kappa shape index (κ2) is 3.72. The minimum absolute atomic E-state index is 0.370. The number of aromatic amines is 1. The zero-order valence-corrected chi connectivity index (χ0v) is 8.92. The fraction of sp³-hybridized carbons (Fsp3) is 0.444. The summed E-state index contributed by atoms with van der Waals surface area (Å²) in [5, 5.41) is 8.88. The highest BCUT2D eigenvalue weighted by molar-refractivity contribution is 5.99. The number of carbonyl (C=O) groups is 2. The number of hydrogen-bond donors (Lipinski definition) is 3. The van der Waals surface area contributed by atoms with E-state index in [1.807, 2.05) is 0 Å². The number of primary amides is 1. The van der Waals surface area contributed by atoms with Crippen LogP contribution in [0.3, 0.4) is 0 Å². The van der Waals surface area contributed by atoms with E-state index < -0.39 is 11.4 Å². The summed E-state index contributed by atoms with van der Waals surface area (Å²) >= 11 is 0. The maximum Gasteiger partial charge on any atom is 0.255 e. The maximum absolute atomic E-state index is 11.7. The predicted octanol–water partition coefficient (Wildman–Crippen LogP) is -0.288. The standard InChI is InChI=1S/C9H14N4O2/c1-5-6(4-11-13-5)7(14)12-9(2,3)8(10)15/h4H,1-3H3,(H2,10,15)(H,11,13)(H,12,14). The number of carbonyl (C=O) groups excluding carboxylic acids is 2. The molecular weight excluding hydrogens is 196 g/mol. The van der Waals surface area contributed by atoms with Crippen molar-refractivity contribution < 1.29 is 9.59 Å². The summed E-state index contributed by atoms with van der Waals surface area (Å²) in [6.07, 6.45) is 1.40. The first kappa shape index (κ1) is 11.2. The highest BCUT2D eigenvalue weighted by atomic mass is 16.2. The Morgan fingerprint density at radius 3 is 2.53 bits per heavy atom. The molecule has 0 aliphatic heterocycles. The molecule has 0 spiro atoms. The number of amides is 2. The molecule has 1 aromatic heterocycles. The lowest BCUT2D eigenvalue weighted by atomic mass is 10.0. The van der Waals surface area contributed by atoms with E-state index in [0.29, 0.717) is 11.3 Å². The average molecular weight is 210 g/mol. The van der Waals surface area contributed by atoms with Gasteiger partial charge in [0.15, 0.2) is 0 Å². The van der Waals surface area contributed by atoms with Crippen molar-refractivity contribution >= 4 is 11.8 Å². The van der Waals surface area contributed by atoms with Gasteiger partial charge in [-0.25, -0.2) is 0 Å². The second-order valence-corrected chi connectivity index (χ2v) is 3.85. The van der Waals surface area contributed by atoms with Gasteiger partial charge in [0.1, 0.15) is 5.54 Å². The maximum atomic E-state index is 11.7. The van der Waals surface area contributed by atoms with Crippen LogP contribution in [0.4, 0.5) is 0 Å². The number of hydrogen-bond acceptors (Lipinski definition) is 3. The van der Waals surface area contributed by atoms with Crippen LogP contribution >= 0.6 is 0 Å². The van der Waals surface area contributed by atoms with Crippen LogP contribution in [0.1, 0.15) is 29.9 Å². The molecule has 0 saturated heterocycles. The summed E-state index contributed by atoms with van der Waals surface area (Å²) in [7, 11) is 0. The number of nitrogens with zero attached hydrogens (tertiary/aromatic N) is 1. The van der Waals surface area contributed by atoms with Gasteiger partial charge in [-0.2, -0.15) is 5.10 Å². The van der Waals surface area contributed by atoms with E-state index in [4.69, 9.17) is 5.73 Å². The summed E-state index contributed by atoms with van der Waals surface area (Å²) in [6.45, 7) is 4.81. The van der Waals surface area contributed by atoms with Gasteiger partial charge in [0, 0.05) is 5.69 Å². The molecule has 2 amide bonds. The molecule has 1 rings (SSSR count). The third kappa shape index (κ3) is 2.34. The van der Waals surface area contributed by atoms with E-state index in [2.05, 4.69) is 15.5 Å². The topological polar surface area (TPSA) is 101 Å². The Hall–Kier alpha value is -1.85. The Morgan fingerprint density at radius 1 is 1.53 bits per heavy atom. The van der Waals surface area contributed by atoms with Crippen LogP contribution in [-0.4, -0.2) is 27.6 Å². The van der Waals surface area contributed by atoms with Crippen LogP contribution in [0.2, 0.25) is 0 Å². The molecule has 1 aromatic rings. The highest BCUT2D eigenvalue weighted by Gasteiger charge is 2.28. The van der Waals surface area contributed by atoms with E-state index in [1.165, 1.54) is 6.20 Å². The molecule has 4 N–H and O–H groups in total. The molecule has 0 fully saturated rings. The van der Waals surface area contributed by atoms with Gasteiger partial charge in [-0.3, -0.25) is 14.7 Å². The number of aryl methyl sites for hydroxylation is 1. The number of nitrogens with one attached hydrogen (secondary N) is 2. The van der Waals surface area contributed by atoms with Crippen LogP contribution in [0.15, 0.2) is 6.20 Å². The van der Waals surface area contributed by atoms with Gasteiger partial charge in [0.05, 0.1) is 11.8 Å².